The number of furan rings is 1. The lowest BCUT2D eigenvalue weighted by Gasteiger charge is -1.95. The molecule has 3 aromatic rings. The van der Waals surface area contributed by atoms with Gasteiger partial charge in [-0.3, -0.25) is 4.98 Å². The third-order valence-electron chi connectivity index (χ3n) is 2.69. The number of hydrogen-bond donors (Lipinski definition) is 0. The van der Waals surface area contributed by atoms with Gasteiger partial charge in [-0.25, -0.2) is 0 Å². The molecule has 0 spiro atoms. The van der Waals surface area contributed by atoms with Crippen molar-refractivity contribution in [2.45, 2.75) is 13.3 Å². The first kappa shape index (κ1) is 9.60. The van der Waals surface area contributed by atoms with Gasteiger partial charge in [0, 0.05) is 17.5 Å². The third-order valence-corrected chi connectivity index (χ3v) is 3.94. The van der Waals surface area contributed by atoms with Crippen LogP contribution in [0.25, 0.3) is 10.2 Å². The molecule has 0 aromatic carbocycles. The quantitative estimate of drug-likeness (QED) is 0.668. The fourth-order valence-electron chi connectivity index (χ4n) is 1.84. The molecule has 3 aromatic heterocycles. The Morgan fingerprint density at radius 2 is 2.25 bits per heavy atom. The number of aryl methyl sites for hydroxylation is 1. The summed E-state index contributed by atoms with van der Waals surface area (Å²) in [6.07, 6.45) is 4.43. The van der Waals surface area contributed by atoms with E-state index in [4.69, 9.17) is 4.42 Å². The number of aromatic nitrogens is 1. The van der Waals surface area contributed by atoms with Gasteiger partial charge in [0.25, 0.3) is 0 Å². The number of hydrogen-bond acceptors (Lipinski definition) is 3. The van der Waals surface area contributed by atoms with E-state index < -0.39 is 0 Å². The maximum Gasteiger partial charge on any atom is 0.108 e. The van der Waals surface area contributed by atoms with Crippen molar-refractivity contribution in [3.05, 3.63) is 52.9 Å². The van der Waals surface area contributed by atoms with Crippen LogP contribution < -0.4 is 0 Å². The Morgan fingerprint density at radius 3 is 3.00 bits per heavy atom. The Hall–Kier alpha value is -1.61. The van der Waals surface area contributed by atoms with Crippen LogP contribution in [0.3, 0.4) is 0 Å². The van der Waals surface area contributed by atoms with E-state index in [1.54, 1.807) is 17.6 Å². The predicted molar refractivity (Wildman–Crippen MR) is 65.9 cm³/mol. The zero-order valence-electron chi connectivity index (χ0n) is 8.93. The van der Waals surface area contributed by atoms with Gasteiger partial charge >= 0.3 is 0 Å². The molecule has 0 aliphatic heterocycles. The molecular weight excluding hydrogens is 218 g/mol. The Kier molecular flexibility index (Phi) is 2.26. The maximum absolute atomic E-state index is 5.37. The van der Waals surface area contributed by atoms with E-state index in [9.17, 15) is 0 Å². The first-order valence-electron chi connectivity index (χ1n) is 5.20. The van der Waals surface area contributed by atoms with Crippen molar-refractivity contribution in [3.8, 4) is 0 Å². The van der Waals surface area contributed by atoms with Crippen molar-refractivity contribution in [2.24, 2.45) is 0 Å². The largest absolute Gasteiger partial charge is 0.469 e. The van der Waals surface area contributed by atoms with Crippen molar-refractivity contribution >= 4 is 21.6 Å². The summed E-state index contributed by atoms with van der Waals surface area (Å²) in [5, 5.41) is 0. The molecule has 0 bridgehead atoms. The fraction of sp³-hybridized carbons (Fsp3) is 0.154. The van der Waals surface area contributed by atoms with Crippen LogP contribution in [0.2, 0.25) is 0 Å². The van der Waals surface area contributed by atoms with Gasteiger partial charge in [0.2, 0.25) is 0 Å². The van der Waals surface area contributed by atoms with Gasteiger partial charge in [0.15, 0.2) is 0 Å². The normalized spacial score (nSPS) is 11.1. The van der Waals surface area contributed by atoms with Crippen LogP contribution in [0.15, 0.2) is 41.1 Å². The summed E-state index contributed by atoms with van der Waals surface area (Å²) < 4.78 is 6.63. The van der Waals surface area contributed by atoms with Crippen molar-refractivity contribution in [3.63, 3.8) is 0 Å². The molecule has 80 valence electrons. The van der Waals surface area contributed by atoms with E-state index in [0.717, 1.165) is 17.7 Å². The van der Waals surface area contributed by atoms with Crippen LogP contribution >= 0.6 is 11.3 Å². The van der Waals surface area contributed by atoms with Crippen LogP contribution in [-0.4, -0.2) is 4.98 Å². The second-order valence-corrected chi connectivity index (χ2v) is 4.89. The number of rotatable bonds is 2. The Morgan fingerprint density at radius 1 is 1.31 bits per heavy atom. The van der Waals surface area contributed by atoms with Gasteiger partial charge in [-0.2, -0.15) is 0 Å². The average molecular weight is 229 g/mol. The minimum atomic E-state index is 0.861. The topological polar surface area (TPSA) is 26.0 Å². The Balaban J connectivity index is 2.07. The fourth-order valence-corrected chi connectivity index (χ4v) is 3.01. The maximum atomic E-state index is 5.37. The first-order chi connectivity index (χ1) is 7.84. The molecule has 0 saturated carbocycles. The summed E-state index contributed by atoms with van der Waals surface area (Å²) in [5.41, 5.74) is 2.39. The minimum absolute atomic E-state index is 0.861. The van der Waals surface area contributed by atoms with Crippen LogP contribution in [0.4, 0.5) is 0 Å². The number of thiophene rings is 1. The molecule has 0 radical (unpaired) electrons. The molecule has 0 aliphatic carbocycles. The molecular formula is C13H11NOS. The highest BCUT2D eigenvalue weighted by Gasteiger charge is 2.10. The molecule has 3 rings (SSSR count). The first-order valence-corrected chi connectivity index (χ1v) is 6.01. The highest BCUT2D eigenvalue weighted by Crippen LogP contribution is 2.30. The molecule has 0 amide bonds. The highest BCUT2D eigenvalue weighted by molar-refractivity contribution is 7.19. The zero-order chi connectivity index (χ0) is 11.0. The molecule has 2 nitrogen and oxygen atoms in total. The van der Waals surface area contributed by atoms with Crippen molar-refractivity contribution in [2.75, 3.05) is 0 Å². The lowest BCUT2D eigenvalue weighted by Crippen LogP contribution is -1.84. The van der Waals surface area contributed by atoms with Crippen LogP contribution in [0.5, 0.6) is 0 Å². The molecule has 0 unspecified atom stereocenters. The number of nitrogens with zero attached hydrogens (tertiary/aromatic N) is 1. The molecule has 0 fully saturated rings. The lowest BCUT2D eigenvalue weighted by atomic mass is 10.2. The molecule has 3 heterocycles. The SMILES string of the molecule is Cc1c(Cc2ccco2)sc2cccnc12. The van der Waals surface area contributed by atoms with E-state index in [0.29, 0.717) is 0 Å². The summed E-state index contributed by atoms with van der Waals surface area (Å²) in [4.78, 5) is 5.75. The van der Waals surface area contributed by atoms with Crippen LogP contribution in [0.1, 0.15) is 16.2 Å². The molecule has 16 heavy (non-hydrogen) atoms. The van der Waals surface area contributed by atoms with Gasteiger partial charge < -0.3 is 4.42 Å². The van der Waals surface area contributed by atoms with Crippen LogP contribution in [0, 0.1) is 6.92 Å². The lowest BCUT2D eigenvalue weighted by molar-refractivity contribution is 0.521. The van der Waals surface area contributed by atoms with E-state index in [1.165, 1.54) is 15.1 Å². The van der Waals surface area contributed by atoms with E-state index in [-0.39, 0.29) is 0 Å². The summed E-state index contributed by atoms with van der Waals surface area (Å²) in [7, 11) is 0. The van der Waals surface area contributed by atoms with Gasteiger partial charge in [0.05, 0.1) is 16.5 Å². The number of fused-ring (bicyclic) bond motifs is 1. The second-order valence-electron chi connectivity index (χ2n) is 3.76. The highest BCUT2D eigenvalue weighted by atomic mass is 32.1. The van der Waals surface area contributed by atoms with Crippen molar-refractivity contribution in [1.82, 2.24) is 4.98 Å². The Bertz CT molecular complexity index is 610. The van der Waals surface area contributed by atoms with Crippen molar-refractivity contribution < 1.29 is 4.42 Å². The Labute approximate surface area is 97.6 Å². The predicted octanol–water partition coefficient (Wildman–Crippen LogP) is 3.79. The van der Waals surface area contributed by atoms with Crippen LogP contribution in [-0.2, 0) is 6.42 Å². The van der Waals surface area contributed by atoms with Crippen molar-refractivity contribution in [1.29, 1.82) is 0 Å². The summed E-state index contributed by atoms with van der Waals surface area (Å²) in [6.45, 7) is 2.13. The van der Waals surface area contributed by atoms with E-state index in [2.05, 4.69) is 18.0 Å². The monoisotopic (exact) mass is 229 g/mol. The number of pyridine rings is 1. The standard InChI is InChI=1S/C13H11NOS/c1-9-12(8-10-4-3-7-15-10)16-11-5-2-6-14-13(9)11/h2-7H,8H2,1H3. The van der Waals surface area contributed by atoms with E-state index in [1.807, 2.05) is 24.4 Å². The summed E-state index contributed by atoms with van der Waals surface area (Å²) in [6, 6.07) is 8.04. The second kappa shape index (κ2) is 3.76. The van der Waals surface area contributed by atoms with Gasteiger partial charge in [-0.05, 0) is 36.8 Å². The average Bonchev–Trinajstić information content (AvgIpc) is 2.90. The van der Waals surface area contributed by atoms with Gasteiger partial charge in [-0.15, -0.1) is 11.3 Å². The molecule has 3 heteroatoms. The molecule has 0 N–H and O–H groups in total. The molecule has 0 aliphatic rings. The molecule has 0 saturated heterocycles. The smallest absolute Gasteiger partial charge is 0.108 e. The minimum Gasteiger partial charge on any atom is -0.469 e. The third kappa shape index (κ3) is 1.53. The van der Waals surface area contributed by atoms with Gasteiger partial charge in [0.1, 0.15) is 5.76 Å². The summed E-state index contributed by atoms with van der Waals surface area (Å²) >= 11 is 1.80. The summed E-state index contributed by atoms with van der Waals surface area (Å²) in [5.74, 6) is 1.01. The van der Waals surface area contributed by atoms with Gasteiger partial charge in [-0.1, -0.05) is 0 Å². The zero-order valence-corrected chi connectivity index (χ0v) is 9.75. The molecule has 0 atom stereocenters. The van der Waals surface area contributed by atoms with E-state index >= 15 is 0 Å².